The summed E-state index contributed by atoms with van der Waals surface area (Å²) in [4.78, 5) is 4.28. The van der Waals surface area contributed by atoms with Crippen LogP contribution in [-0.2, 0) is 0 Å². The van der Waals surface area contributed by atoms with Crippen molar-refractivity contribution in [1.82, 2.24) is 9.55 Å². The van der Waals surface area contributed by atoms with E-state index in [1.54, 1.807) is 0 Å². The van der Waals surface area contributed by atoms with Gasteiger partial charge in [-0.15, -0.1) is 0 Å². The molecule has 2 heterocycles. The molecule has 0 unspecified atom stereocenters. The molecule has 0 bridgehead atoms. The van der Waals surface area contributed by atoms with Crippen molar-refractivity contribution in [2.45, 2.75) is 27.7 Å². The third-order valence-corrected chi connectivity index (χ3v) is 6.76. The maximum atomic E-state index is 4.28. The van der Waals surface area contributed by atoms with Crippen molar-refractivity contribution in [3.05, 3.63) is 145 Å². The van der Waals surface area contributed by atoms with Crippen LogP contribution in [0.15, 0.2) is 134 Å². The Morgan fingerprint density at radius 1 is 0.513 bits per heavy atom. The van der Waals surface area contributed by atoms with Crippen molar-refractivity contribution >= 4 is 32.7 Å². The highest BCUT2D eigenvalue weighted by Crippen LogP contribution is 2.33. The van der Waals surface area contributed by atoms with Crippen LogP contribution in [-0.4, -0.2) is 9.55 Å². The predicted molar refractivity (Wildman–Crippen MR) is 169 cm³/mol. The third-order valence-electron chi connectivity index (χ3n) is 6.76. The Bertz CT molecular complexity index is 1810. The molecule has 0 radical (unpaired) electrons. The van der Waals surface area contributed by atoms with Crippen LogP contribution in [0.4, 0.5) is 0 Å². The minimum atomic E-state index is 1.07. The second-order valence-corrected chi connectivity index (χ2v) is 9.49. The van der Waals surface area contributed by atoms with Gasteiger partial charge in [0.1, 0.15) is 0 Å². The second kappa shape index (κ2) is 11.8. The van der Waals surface area contributed by atoms with Gasteiger partial charge in [-0.3, -0.25) is 4.98 Å². The first kappa shape index (κ1) is 25.9. The molecule has 0 N–H and O–H groups in total. The Hall–Kier alpha value is -4.69. The first-order valence-electron chi connectivity index (χ1n) is 13.6. The molecule has 0 spiro atoms. The van der Waals surface area contributed by atoms with Gasteiger partial charge in [0, 0.05) is 28.0 Å². The number of nitrogens with zero attached hydrogens (tertiary/aromatic N) is 2. The van der Waals surface area contributed by atoms with Crippen LogP contribution in [0.5, 0.6) is 0 Å². The van der Waals surface area contributed by atoms with E-state index < -0.39 is 0 Å². The highest BCUT2D eigenvalue weighted by Gasteiger charge is 2.11. The Kier molecular flexibility index (Phi) is 7.84. The van der Waals surface area contributed by atoms with Crippen molar-refractivity contribution in [3.63, 3.8) is 0 Å². The average Bonchev–Trinajstić information content (AvgIpc) is 3.33. The molecule has 192 valence electrons. The van der Waals surface area contributed by atoms with Crippen molar-refractivity contribution < 1.29 is 0 Å². The fourth-order valence-corrected chi connectivity index (χ4v) is 5.03. The summed E-state index contributed by atoms with van der Waals surface area (Å²) in [6, 6.07) is 45.0. The van der Waals surface area contributed by atoms with Crippen LogP contribution >= 0.6 is 0 Å². The fraction of sp³-hybridized carbons (Fsp3) is 0.108. The number of pyridine rings is 1. The zero-order chi connectivity index (χ0) is 27.2. The summed E-state index contributed by atoms with van der Waals surface area (Å²) in [5.41, 5.74) is 9.75. The van der Waals surface area contributed by atoms with Crippen LogP contribution in [0.2, 0.25) is 0 Å². The van der Waals surface area contributed by atoms with E-state index in [9.17, 15) is 0 Å². The fourth-order valence-electron chi connectivity index (χ4n) is 5.03. The van der Waals surface area contributed by atoms with Gasteiger partial charge in [0.15, 0.2) is 0 Å². The van der Waals surface area contributed by atoms with Gasteiger partial charge in [0.05, 0.1) is 16.6 Å². The number of aryl methyl sites for hydroxylation is 2. The highest BCUT2D eigenvalue weighted by molar-refractivity contribution is 6.09. The molecule has 7 rings (SSSR count). The van der Waals surface area contributed by atoms with E-state index in [0.717, 1.165) is 5.52 Å². The summed E-state index contributed by atoms with van der Waals surface area (Å²) in [6.45, 7) is 8.19. The first-order valence-corrected chi connectivity index (χ1v) is 13.6. The summed E-state index contributed by atoms with van der Waals surface area (Å²) in [5.74, 6) is 0. The Morgan fingerprint density at radius 2 is 1.10 bits per heavy atom. The lowest BCUT2D eigenvalue weighted by Crippen LogP contribution is -1.94. The largest absolute Gasteiger partial charge is 0.309 e. The number of fused-ring (bicyclic) bond motifs is 4. The quantitative estimate of drug-likeness (QED) is 0.228. The van der Waals surface area contributed by atoms with Gasteiger partial charge in [-0.1, -0.05) is 110 Å². The van der Waals surface area contributed by atoms with Crippen molar-refractivity contribution in [3.8, 4) is 16.8 Å². The summed E-state index contributed by atoms with van der Waals surface area (Å²) in [6.07, 6.45) is 1.89. The lowest BCUT2D eigenvalue weighted by atomic mass is 10.0. The van der Waals surface area contributed by atoms with Crippen LogP contribution < -0.4 is 0 Å². The number of hydrogen-bond donors (Lipinski definition) is 0. The molecule has 2 aromatic heterocycles. The van der Waals surface area contributed by atoms with Crippen LogP contribution in [0, 0.1) is 13.8 Å². The van der Waals surface area contributed by atoms with Gasteiger partial charge < -0.3 is 4.57 Å². The Labute approximate surface area is 231 Å². The molecule has 5 aromatic carbocycles. The molecule has 39 heavy (non-hydrogen) atoms. The normalized spacial score (nSPS) is 10.6. The predicted octanol–water partition coefficient (Wildman–Crippen LogP) is 10.3. The summed E-state index contributed by atoms with van der Waals surface area (Å²) in [7, 11) is 0. The number of aromatic nitrogens is 2. The molecule has 0 aliphatic carbocycles. The van der Waals surface area contributed by atoms with E-state index >= 15 is 0 Å². The summed E-state index contributed by atoms with van der Waals surface area (Å²) >= 11 is 0. The minimum Gasteiger partial charge on any atom is -0.309 e. The van der Waals surface area contributed by atoms with Gasteiger partial charge >= 0.3 is 0 Å². The molecule has 0 fully saturated rings. The molecular weight excluding hydrogens is 472 g/mol. The number of benzene rings is 5. The van der Waals surface area contributed by atoms with Gasteiger partial charge in [-0.25, -0.2) is 0 Å². The zero-order valence-corrected chi connectivity index (χ0v) is 23.1. The standard InChI is InChI=1S/C25H19N.C10H9N.C2H6/c1-18-8-6-9-19(16-18)20-10-7-11-21(17-20)26-24-14-4-2-12-22(24)23-13-3-5-15-25(23)26;1-8-6-9-4-2-3-5-10(9)11-7-8;1-2/h2-17H,1H3;2-7H,1H3;1-2H3. The molecule has 0 amide bonds. The molecule has 7 aromatic rings. The van der Waals surface area contributed by atoms with Crippen LogP contribution in [0.1, 0.15) is 25.0 Å². The Balaban J connectivity index is 0.000000198. The molecule has 0 atom stereocenters. The lowest BCUT2D eigenvalue weighted by Gasteiger charge is -2.10. The smallest absolute Gasteiger partial charge is 0.0702 e. The molecule has 0 aliphatic rings. The zero-order valence-electron chi connectivity index (χ0n) is 23.1. The van der Waals surface area contributed by atoms with Gasteiger partial charge in [0.2, 0.25) is 0 Å². The average molecular weight is 507 g/mol. The second-order valence-electron chi connectivity index (χ2n) is 9.49. The molecule has 0 aliphatic heterocycles. The Morgan fingerprint density at radius 3 is 1.79 bits per heavy atom. The third kappa shape index (κ3) is 5.46. The van der Waals surface area contributed by atoms with Crippen molar-refractivity contribution in [1.29, 1.82) is 0 Å². The molecule has 2 nitrogen and oxygen atoms in total. The number of para-hydroxylation sites is 3. The van der Waals surface area contributed by atoms with Gasteiger partial charge in [0.25, 0.3) is 0 Å². The topological polar surface area (TPSA) is 17.8 Å². The van der Waals surface area contributed by atoms with E-state index in [1.165, 1.54) is 55.1 Å². The highest BCUT2D eigenvalue weighted by atomic mass is 15.0. The molecule has 2 heteroatoms. The van der Waals surface area contributed by atoms with Crippen molar-refractivity contribution in [2.24, 2.45) is 0 Å². The van der Waals surface area contributed by atoms with E-state index in [-0.39, 0.29) is 0 Å². The van der Waals surface area contributed by atoms with E-state index in [1.807, 2.05) is 38.2 Å². The summed E-state index contributed by atoms with van der Waals surface area (Å²) < 4.78 is 2.37. The summed E-state index contributed by atoms with van der Waals surface area (Å²) in [5, 5.41) is 3.81. The lowest BCUT2D eigenvalue weighted by molar-refractivity contribution is 1.18. The SMILES string of the molecule is CC.Cc1cccc(-c2cccc(-n3c4ccccc4c4ccccc43)c2)c1.Cc1cnc2ccccc2c1. The minimum absolute atomic E-state index is 1.07. The van der Waals surface area contributed by atoms with Gasteiger partial charge in [-0.05, 0) is 66.9 Å². The number of hydrogen-bond acceptors (Lipinski definition) is 1. The van der Waals surface area contributed by atoms with E-state index in [2.05, 4.69) is 133 Å². The van der Waals surface area contributed by atoms with Crippen LogP contribution in [0.25, 0.3) is 49.5 Å². The number of rotatable bonds is 2. The van der Waals surface area contributed by atoms with Crippen molar-refractivity contribution in [2.75, 3.05) is 0 Å². The van der Waals surface area contributed by atoms with Crippen LogP contribution in [0.3, 0.4) is 0 Å². The van der Waals surface area contributed by atoms with Gasteiger partial charge in [-0.2, -0.15) is 0 Å². The molecular formula is C37H34N2. The maximum Gasteiger partial charge on any atom is 0.0702 e. The van der Waals surface area contributed by atoms with E-state index in [4.69, 9.17) is 0 Å². The first-order chi connectivity index (χ1) is 19.2. The molecule has 0 saturated carbocycles. The molecule has 0 saturated heterocycles. The monoisotopic (exact) mass is 506 g/mol. The maximum absolute atomic E-state index is 4.28. The van der Waals surface area contributed by atoms with E-state index in [0.29, 0.717) is 0 Å².